The molecule has 1 fully saturated rings. The van der Waals surface area contributed by atoms with Gasteiger partial charge in [-0.25, -0.2) is 9.18 Å². The number of alkyl halides is 3. The van der Waals surface area contributed by atoms with E-state index in [1.807, 2.05) is 11.0 Å². The van der Waals surface area contributed by atoms with Gasteiger partial charge in [-0.1, -0.05) is 35.0 Å². The molecule has 0 spiro atoms. The molecule has 0 saturated carbocycles. The van der Waals surface area contributed by atoms with Gasteiger partial charge in [0.1, 0.15) is 6.04 Å². The highest BCUT2D eigenvalue weighted by Gasteiger charge is 2.43. The molecule has 3 aliphatic heterocycles. The molecule has 3 heterocycles. The van der Waals surface area contributed by atoms with E-state index >= 15 is 0 Å². The molecule has 48 heavy (non-hydrogen) atoms. The van der Waals surface area contributed by atoms with Crippen LogP contribution in [0.4, 0.5) is 28.9 Å². The lowest BCUT2D eigenvalue weighted by Gasteiger charge is -2.41. The minimum absolute atomic E-state index is 0.0260. The number of carboxylic acid groups (broad SMARTS) is 1. The first-order valence-corrected chi connectivity index (χ1v) is 15.5. The number of aromatic carboxylic acids is 1. The van der Waals surface area contributed by atoms with Crippen LogP contribution < -0.4 is 10.2 Å². The molecule has 2 amide bonds. The fourth-order valence-electron chi connectivity index (χ4n) is 6.35. The Balaban J connectivity index is 1.27. The fourth-order valence-corrected chi connectivity index (χ4v) is 6.53. The van der Waals surface area contributed by atoms with E-state index in [1.54, 1.807) is 18.2 Å². The molecule has 6 rings (SSSR count). The van der Waals surface area contributed by atoms with Crippen LogP contribution in [0.2, 0.25) is 5.02 Å². The zero-order valence-electron chi connectivity index (χ0n) is 25.3. The van der Waals surface area contributed by atoms with Gasteiger partial charge in [0.2, 0.25) is 6.10 Å². The Kier molecular flexibility index (Phi) is 9.30. The van der Waals surface area contributed by atoms with E-state index in [0.29, 0.717) is 30.8 Å². The average Bonchev–Trinajstić information content (AvgIpc) is 3.55. The topological polar surface area (TPSA) is 115 Å². The molecule has 3 aliphatic rings. The van der Waals surface area contributed by atoms with E-state index in [2.05, 4.69) is 10.5 Å². The number of carboxylic acids is 1. The van der Waals surface area contributed by atoms with Crippen LogP contribution in [0.3, 0.4) is 0 Å². The number of nitrogens with one attached hydrogen (secondary N) is 1. The zero-order chi connectivity index (χ0) is 34.2. The molecule has 2 atom stereocenters. The van der Waals surface area contributed by atoms with Gasteiger partial charge in [0.05, 0.1) is 22.8 Å². The summed E-state index contributed by atoms with van der Waals surface area (Å²) >= 11 is 5.94. The van der Waals surface area contributed by atoms with Crippen LogP contribution in [0.15, 0.2) is 65.8 Å². The lowest BCUT2D eigenvalue weighted by atomic mass is 9.89. The number of amides is 2. The lowest BCUT2D eigenvalue weighted by Crippen LogP contribution is -2.51. The highest BCUT2D eigenvalue weighted by Crippen LogP contribution is 2.38. The van der Waals surface area contributed by atoms with Crippen LogP contribution in [0, 0.1) is 5.82 Å². The maximum absolute atomic E-state index is 14.7. The molecule has 252 valence electrons. The fraction of sp³-hybridized carbons (Fsp3) is 0.333. The number of nitrogens with zero attached hydrogens (tertiary/aromatic N) is 4. The molecular weight excluding hydrogens is 658 g/mol. The van der Waals surface area contributed by atoms with E-state index < -0.39 is 48.5 Å². The second-order valence-electron chi connectivity index (χ2n) is 11.7. The Labute approximate surface area is 277 Å². The first-order valence-electron chi connectivity index (χ1n) is 15.2. The molecule has 0 bridgehead atoms. The van der Waals surface area contributed by atoms with Crippen molar-refractivity contribution < 1.29 is 41.9 Å². The summed E-state index contributed by atoms with van der Waals surface area (Å²) in [5.74, 6) is -2.94. The summed E-state index contributed by atoms with van der Waals surface area (Å²) < 4.78 is 53.7. The SMILES string of the molecule is O=C(O)c1ccc(NC(=O)C2c3cccc(N4CCN(CC(F)(F)F)CC4)c3CCN2C(=O)C2CC(c3cccc(Cl)c3F)=NO2)cc1. The number of anilines is 2. The third-order valence-corrected chi connectivity index (χ3v) is 8.94. The number of carbonyl (C=O) groups is 3. The summed E-state index contributed by atoms with van der Waals surface area (Å²) in [4.78, 5) is 49.6. The number of benzene rings is 3. The minimum atomic E-state index is -4.30. The van der Waals surface area contributed by atoms with Gasteiger partial charge in [-0.2, -0.15) is 13.2 Å². The second-order valence-corrected chi connectivity index (χ2v) is 12.1. The number of hydrogen-bond acceptors (Lipinski definition) is 7. The van der Waals surface area contributed by atoms with Crippen LogP contribution in [0.25, 0.3) is 0 Å². The minimum Gasteiger partial charge on any atom is -0.478 e. The number of carbonyl (C=O) groups excluding carboxylic acids is 2. The van der Waals surface area contributed by atoms with Gasteiger partial charge in [0, 0.05) is 56.1 Å². The van der Waals surface area contributed by atoms with Crippen molar-refractivity contribution in [3.63, 3.8) is 0 Å². The van der Waals surface area contributed by atoms with Crippen molar-refractivity contribution in [1.29, 1.82) is 0 Å². The number of piperazine rings is 1. The van der Waals surface area contributed by atoms with E-state index in [1.165, 1.54) is 46.2 Å². The van der Waals surface area contributed by atoms with Crippen LogP contribution >= 0.6 is 11.6 Å². The van der Waals surface area contributed by atoms with E-state index in [0.717, 1.165) is 11.3 Å². The van der Waals surface area contributed by atoms with Crippen LogP contribution in [0.1, 0.15) is 39.5 Å². The molecule has 2 N–H and O–H groups in total. The predicted octanol–water partition coefficient (Wildman–Crippen LogP) is 5.12. The molecular formula is C33H30ClF4N5O5. The summed E-state index contributed by atoms with van der Waals surface area (Å²) in [7, 11) is 0. The number of fused-ring (bicyclic) bond motifs is 1. The van der Waals surface area contributed by atoms with Gasteiger partial charge in [-0.15, -0.1) is 0 Å². The second kappa shape index (κ2) is 13.4. The molecule has 15 heteroatoms. The summed E-state index contributed by atoms with van der Waals surface area (Å²) in [5, 5.41) is 15.9. The Morgan fingerprint density at radius 2 is 1.69 bits per heavy atom. The van der Waals surface area contributed by atoms with Crippen molar-refractivity contribution in [2.45, 2.75) is 31.2 Å². The van der Waals surface area contributed by atoms with Crippen molar-refractivity contribution in [3.05, 3.63) is 93.8 Å². The summed E-state index contributed by atoms with van der Waals surface area (Å²) in [6.07, 6.45) is -5.15. The van der Waals surface area contributed by atoms with Crippen molar-refractivity contribution in [3.8, 4) is 0 Å². The normalized spacial score (nSPS) is 19.7. The summed E-state index contributed by atoms with van der Waals surface area (Å²) in [5.41, 5.74) is 2.72. The average molecular weight is 688 g/mol. The molecule has 10 nitrogen and oxygen atoms in total. The third-order valence-electron chi connectivity index (χ3n) is 8.65. The van der Waals surface area contributed by atoms with Gasteiger partial charge in [0.15, 0.2) is 5.82 Å². The van der Waals surface area contributed by atoms with Crippen molar-refractivity contribution in [2.75, 3.05) is 49.5 Å². The number of oxime groups is 1. The molecule has 1 saturated heterocycles. The molecule has 3 aromatic carbocycles. The summed E-state index contributed by atoms with van der Waals surface area (Å²) in [6, 6.07) is 14.1. The first kappa shape index (κ1) is 33.2. The molecule has 2 unspecified atom stereocenters. The quantitative estimate of drug-likeness (QED) is 0.332. The molecule has 0 aromatic heterocycles. The number of rotatable bonds is 7. The van der Waals surface area contributed by atoms with Crippen molar-refractivity contribution in [2.24, 2.45) is 5.16 Å². The Hall–Kier alpha value is -4.69. The number of halogens is 5. The highest BCUT2D eigenvalue weighted by atomic mass is 35.5. The van der Waals surface area contributed by atoms with E-state index in [4.69, 9.17) is 16.4 Å². The summed E-state index contributed by atoms with van der Waals surface area (Å²) in [6.45, 7) is 0.222. The van der Waals surface area contributed by atoms with Gasteiger partial charge >= 0.3 is 12.1 Å². The standard InChI is InChI=1S/C33H30ClF4N5O5/c34-24-5-1-4-23(28(24)35)25-17-27(48-40-25)31(45)43-12-11-21-22(29(43)30(44)39-20-9-7-19(8-10-20)32(46)47)3-2-6-26(21)42-15-13-41(14-16-42)18-33(36,37)38/h1-10,27,29H,11-18H2,(H,39,44)(H,46,47). The van der Waals surface area contributed by atoms with Gasteiger partial charge in [-0.05, 0) is 60.0 Å². The van der Waals surface area contributed by atoms with Crippen LogP contribution in [-0.4, -0.2) is 90.0 Å². The van der Waals surface area contributed by atoms with Gasteiger partial charge in [-0.3, -0.25) is 14.5 Å². The molecule has 0 radical (unpaired) electrons. The van der Waals surface area contributed by atoms with Crippen LogP contribution in [-0.2, 0) is 20.8 Å². The van der Waals surface area contributed by atoms with Gasteiger partial charge < -0.3 is 25.1 Å². The Bertz CT molecular complexity index is 1760. The largest absolute Gasteiger partial charge is 0.478 e. The Morgan fingerprint density at radius 3 is 2.38 bits per heavy atom. The smallest absolute Gasteiger partial charge is 0.401 e. The first-order chi connectivity index (χ1) is 22.9. The van der Waals surface area contributed by atoms with Gasteiger partial charge in [0.25, 0.3) is 11.8 Å². The third kappa shape index (κ3) is 6.95. The maximum Gasteiger partial charge on any atom is 0.401 e. The van der Waals surface area contributed by atoms with Crippen molar-refractivity contribution in [1.82, 2.24) is 9.80 Å². The monoisotopic (exact) mass is 687 g/mol. The molecule has 0 aliphatic carbocycles. The Morgan fingerprint density at radius 1 is 0.979 bits per heavy atom. The van der Waals surface area contributed by atoms with E-state index in [-0.39, 0.29) is 47.9 Å². The zero-order valence-corrected chi connectivity index (χ0v) is 26.1. The maximum atomic E-state index is 14.7. The highest BCUT2D eigenvalue weighted by molar-refractivity contribution is 6.31. The molecule has 3 aromatic rings. The lowest BCUT2D eigenvalue weighted by molar-refractivity contribution is -0.148. The van der Waals surface area contributed by atoms with Crippen molar-refractivity contribution >= 4 is 46.5 Å². The number of hydrogen-bond donors (Lipinski definition) is 2. The van der Waals surface area contributed by atoms with E-state index in [9.17, 15) is 37.1 Å². The predicted molar refractivity (Wildman–Crippen MR) is 169 cm³/mol. The van der Waals surface area contributed by atoms with Crippen LogP contribution in [0.5, 0.6) is 0 Å².